The second kappa shape index (κ2) is 10.7. The SMILES string of the molecule is CC/C(=C\C=C/CN(C)C1COC(CO)[C@@H](O)[C@@H](O)C1)C(=O)CN. The molecule has 0 saturated carbocycles. The molecule has 138 valence electrons. The van der Waals surface area contributed by atoms with E-state index in [1.165, 1.54) is 0 Å². The van der Waals surface area contributed by atoms with Crippen LogP contribution in [-0.2, 0) is 9.53 Å². The summed E-state index contributed by atoms with van der Waals surface area (Å²) in [4.78, 5) is 13.6. The van der Waals surface area contributed by atoms with Gasteiger partial charge in [0.1, 0.15) is 12.2 Å². The van der Waals surface area contributed by atoms with Gasteiger partial charge in [-0.05, 0) is 25.5 Å². The Kier molecular flexibility index (Phi) is 9.35. The Morgan fingerprint density at radius 2 is 2.12 bits per heavy atom. The highest BCUT2D eigenvalue weighted by Gasteiger charge is 2.34. The lowest BCUT2D eigenvalue weighted by Gasteiger charge is -2.26. The molecule has 2 unspecified atom stereocenters. The van der Waals surface area contributed by atoms with E-state index in [1.54, 1.807) is 6.08 Å². The Morgan fingerprint density at radius 3 is 2.71 bits per heavy atom. The van der Waals surface area contributed by atoms with Gasteiger partial charge in [-0.1, -0.05) is 25.2 Å². The summed E-state index contributed by atoms with van der Waals surface area (Å²) in [6, 6.07) is -0.0730. The van der Waals surface area contributed by atoms with Gasteiger partial charge >= 0.3 is 0 Å². The van der Waals surface area contributed by atoms with Crippen molar-refractivity contribution in [2.75, 3.05) is 33.4 Å². The number of nitrogens with two attached hydrogens (primary N) is 1. The zero-order valence-electron chi connectivity index (χ0n) is 14.5. The van der Waals surface area contributed by atoms with Gasteiger partial charge in [-0.3, -0.25) is 9.69 Å². The molecule has 5 N–H and O–H groups in total. The zero-order valence-corrected chi connectivity index (χ0v) is 14.5. The van der Waals surface area contributed by atoms with Crippen molar-refractivity contribution in [1.82, 2.24) is 4.90 Å². The van der Waals surface area contributed by atoms with E-state index in [-0.39, 0.29) is 25.0 Å². The summed E-state index contributed by atoms with van der Waals surface area (Å²) in [7, 11) is 1.90. The number of nitrogens with zero attached hydrogens (tertiary/aromatic N) is 1. The number of allylic oxidation sites excluding steroid dienone is 2. The van der Waals surface area contributed by atoms with Crippen LogP contribution in [0, 0.1) is 0 Å². The smallest absolute Gasteiger partial charge is 0.172 e. The number of aliphatic hydroxyl groups excluding tert-OH is 3. The van der Waals surface area contributed by atoms with E-state index in [4.69, 9.17) is 10.5 Å². The van der Waals surface area contributed by atoms with Crippen molar-refractivity contribution in [3.05, 3.63) is 23.8 Å². The van der Waals surface area contributed by atoms with Crippen LogP contribution >= 0.6 is 0 Å². The maximum absolute atomic E-state index is 11.6. The maximum Gasteiger partial charge on any atom is 0.172 e. The molecule has 4 atom stereocenters. The van der Waals surface area contributed by atoms with Gasteiger partial charge in [-0.15, -0.1) is 0 Å². The Hall–Kier alpha value is -1.09. The molecule has 0 aliphatic carbocycles. The normalized spacial score (nSPS) is 29.2. The molecule has 0 aromatic carbocycles. The minimum absolute atomic E-state index is 0.0130. The van der Waals surface area contributed by atoms with Crippen LogP contribution in [-0.4, -0.2) is 83.7 Å². The maximum atomic E-state index is 11.6. The molecule has 1 fully saturated rings. The molecule has 0 aromatic rings. The molecule has 0 spiro atoms. The average molecular weight is 342 g/mol. The van der Waals surface area contributed by atoms with Crippen LogP contribution in [0.1, 0.15) is 19.8 Å². The number of hydrogen-bond donors (Lipinski definition) is 4. The predicted octanol–water partition coefficient (Wildman–Crippen LogP) is -0.790. The summed E-state index contributed by atoms with van der Waals surface area (Å²) < 4.78 is 5.48. The lowest BCUT2D eigenvalue weighted by Crippen LogP contribution is -2.40. The number of ether oxygens (including phenoxy) is 1. The number of carbonyl (C=O) groups is 1. The van der Waals surface area contributed by atoms with Gasteiger partial charge in [-0.25, -0.2) is 0 Å². The van der Waals surface area contributed by atoms with E-state index in [1.807, 2.05) is 31.0 Å². The van der Waals surface area contributed by atoms with Crippen molar-refractivity contribution in [3.63, 3.8) is 0 Å². The number of hydrogen-bond acceptors (Lipinski definition) is 7. The van der Waals surface area contributed by atoms with Crippen molar-refractivity contribution in [1.29, 1.82) is 0 Å². The molecule has 1 aliphatic rings. The highest BCUT2D eigenvalue weighted by molar-refractivity contribution is 5.96. The fourth-order valence-electron chi connectivity index (χ4n) is 2.63. The van der Waals surface area contributed by atoms with E-state index in [9.17, 15) is 20.1 Å². The fraction of sp³-hybridized carbons (Fsp3) is 0.706. The highest BCUT2D eigenvalue weighted by atomic mass is 16.5. The van der Waals surface area contributed by atoms with Crippen molar-refractivity contribution in [2.45, 2.75) is 44.1 Å². The molecular weight excluding hydrogens is 312 g/mol. The molecule has 1 saturated heterocycles. The van der Waals surface area contributed by atoms with Gasteiger partial charge in [0.15, 0.2) is 5.78 Å². The van der Waals surface area contributed by atoms with Crippen molar-refractivity contribution < 1.29 is 24.9 Å². The van der Waals surface area contributed by atoms with E-state index in [2.05, 4.69) is 0 Å². The molecule has 0 bridgehead atoms. The first-order chi connectivity index (χ1) is 11.4. The predicted molar refractivity (Wildman–Crippen MR) is 91.4 cm³/mol. The standard InChI is InChI=1S/C17H30N2O5/c1-3-12(15(22)9-18)6-4-5-7-19(2)13-8-14(21)17(23)16(10-20)24-11-13/h4-6,13-14,16-17,20-21,23H,3,7-11,18H2,1-2H3/b5-4-,12-6+/t13?,14-,16?,17-/m0/s1. The van der Waals surface area contributed by atoms with Crippen LogP contribution in [0.3, 0.4) is 0 Å². The molecule has 0 amide bonds. The van der Waals surface area contributed by atoms with Gasteiger partial charge in [0, 0.05) is 12.6 Å². The van der Waals surface area contributed by atoms with E-state index in [0.29, 0.717) is 31.6 Å². The number of ketones is 1. The Labute approximate surface area is 143 Å². The molecule has 1 heterocycles. The van der Waals surface area contributed by atoms with Crippen molar-refractivity contribution >= 4 is 5.78 Å². The average Bonchev–Trinajstić information content (AvgIpc) is 2.73. The van der Waals surface area contributed by atoms with Gasteiger partial charge in [0.05, 0.1) is 25.9 Å². The second-order valence-electron chi connectivity index (χ2n) is 6.04. The number of likely N-dealkylation sites (N-methyl/N-ethyl adjacent to an activating group) is 1. The molecule has 1 aliphatic heterocycles. The lowest BCUT2D eigenvalue weighted by atomic mass is 10.0. The van der Waals surface area contributed by atoms with Crippen LogP contribution < -0.4 is 5.73 Å². The largest absolute Gasteiger partial charge is 0.394 e. The Bertz CT molecular complexity index is 452. The van der Waals surface area contributed by atoms with Gasteiger partial charge < -0.3 is 25.8 Å². The van der Waals surface area contributed by atoms with Crippen LogP contribution in [0.25, 0.3) is 0 Å². The van der Waals surface area contributed by atoms with Crippen molar-refractivity contribution in [2.24, 2.45) is 5.73 Å². The van der Waals surface area contributed by atoms with Gasteiger partial charge in [0.2, 0.25) is 0 Å². The number of Topliss-reactive ketones (excluding diaryl/α,β-unsaturated/α-hetero) is 1. The third kappa shape index (κ3) is 6.08. The van der Waals surface area contributed by atoms with Gasteiger partial charge in [0.25, 0.3) is 0 Å². The summed E-state index contributed by atoms with van der Waals surface area (Å²) in [5.41, 5.74) is 6.05. The first-order valence-electron chi connectivity index (χ1n) is 8.32. The molecule has 1 rings (SSSR count). The summed E-state index contributed by atoms with van der Waals surface area (Å²) in [6.45, 7) is 2.52. The second-order valence-corrected chi connectivity index (χ2v) is 6.04. The Morgan fingerprint density at radius 1 is 1.42 bits per heavy atom. The summed E-state index contributed by atoms with van der Waals surface area (Å²) in [5, 5.41) is 29.1. The third-order valence-corrected chi connectivity index (χ3v) is 4.35. The molecule has 24 heavy (non-hydrogen) atoms. The zero-order chi connectivity index (χ0) is 18.1. The minimum Gasteiger partial charge on any atom is -0.394 e. The van der Waals surface area contributed by atoms with E-state index < -0.39 is 18.3 Å². The van der Waals surface area contributed by atoms with E-state index in [0.717, 1.165) is 0 Å². The molecule has 7 nitrogen and oxygen atoms in total. The van der Waals surface area contributed by atoms with Crippen LogP contribution in [0.5, 0.6) is 0 Å². The van der Waals surface area contributed by atoms with Crippen LogP contribution in [0.15, 0.2) is 23.8 Å². The molecule has 0 radical (unpaired) electrons. The quantitative estimate of drug-likeness (QED) is 0.337. The minimum atomic E-state index is -1.08. The summed E-state index contributed by atoms with van der Waals surface area (Å²) in [5.74, 6) is -0.0557. The first kappa shape index (κ1) is 21.0. The first-order valence-corrected chi connectivity index (χ1v) is 8.32. The van der Waals surface area contributed by atoms with E-state index >= 15 is 0 Å². The molecular formula is C17H30N2O5. The topological polar surface area (TPSA) is 116 Å². The lowest BCUT2D eigenvalue weighted by molar-refractivity contribution is -0.114. The van der Waals surface area contributed by atoms with Crippen LogP contribution in [0.2, 0.25) is 0 Å². The number of aliphatic hydroxyl groups is 3. The number of rotatable bonds is 8. The van der Waals surface area contributed by atoms with Crippen LogP contribution in [0.4, 0.5) is 0 Å². The Balaban J connectivity index is 2.58. The summed E-state index contributed by atoms with van der Waals surface area (Å²) in [6.07, 6.45) is 3.73. The molecule has 0 aromatic heterocycles. The monoisotopic (exact) mass is 342 g/mol. The number of carbonyl (C=O) groups excluding carboxylic acids is 1. The molecule has 7 heteroatoms. The van der Waals surface area contributed by atoms with Gasteiger partial charge in [-0.2, -0.15) is 0 Å². The third-order valence-electron chi connectivity index (χ3n) is 4.35. The highest BCUT2D eigenvalue weighted by Crippen LogP contribution is 2.18. The van der Waals surface area contributed by atoms with Crippen molar-refractivity contribution in [3.8, 4) is 0 Å². The fourth-order valence-corrected chi connectivity index (χ4v) is 2.63. The summed E-state index contributed by atoms with van der Waals surface area (Å²) >= 11 is 0.